The number of hydrogen-bond donors (Lipinski definition) is 1. The van der Waals surface area contributed by atoms with Crippen molar-refractivity contribution in [1.29, 1.82) is 10.5 Å². The van der Waals surface area contributed by atoms with Gasteiger partial charge in [0.15, 0.2) is 0 Å². The van der Waals surface area contributed by atoms with Gasteiger partial charge in [0.25, 0.3) is 0 Å². The fourth-order valence-corrected chi connectivity index (χ4v) is 2.80. The summed E-state index contributed by atoms with van der Waals surface area (Å²) in [6.45, 7) is 2.64. The van der Waals surface area contributed by atoms with Crippen LogP contribution >= 0.6 is 0 Å². The van der Waals surface area contributed by atoms with Crippen molar-refractivity contribution in [2.24, 2.45) is 0 Å². The third kappa shape index (κ3) is 3.70. The first-order valence-corrected chi connectivity index (χ1v) is 8.01. The standard InChI is InChI=1S/C19H17N5O/c20-13-15-5-7-17(8-6-15)23-9-11-24(12-10-23)19(25)22-18-4-2-1-3-16(18)14-21/h1-8H,9-12H2,(H,22,25). The number of nitrogens with one attached hydrogen (secondary N) is 1. The highest BCUT2D eigenvalue weighted by atomic mass is 16.2. The molecule has 1 saturated heterocycles. The largest absolute Gasteiger partial charge is 0.368 e. The summed E-state index contributed by atoms with van der Waals surface area (Å²) in [4.78, 5) is 16.3. The molecular formula is C19H17N5O. The van der Waals surface area contributed by atoms with Gasteiger partial charge < -0.3 is 15.1 Å². The van der Waals surface area contributed by atoms with Crippen LogP contribution in [0.3, 0.4) is 0 Å². The number of piperazine rings is 1. The Morgan fingerprint density at radius 2 is 1.60 bits per heavy atom. The molecule has 1 fully saturated rings. The molecule has 2 aromatic rings. The predicted octanol–water partition coefficient (Wildman–Crippen LogP) is 2.78. The van der Waals surface area contributed by atoms with Gasteiger partial charge in [-0.3, -0.25) is 0 Å². The average Bonchev–Trinajstić information content (AvgIpc) is 2.68. The Bertz CT molecular complexity index is 839. The van der Waals surface area contributed by atoms with Crippen LogP contribution in [0.25, 0.3) is 0 Å². The topological polar surface area (TPSA) is 83.2 Å². The highest BCUT2D eigenvalue weighted by Crippen LogP contribution is 2.18. The zero-order chi connectivity index (χ0) is 17.6. The molecule has 0 unspecified atom stereocenters. The van der Waals surface area contributed by atoms with Gasteiger partial charge in [-0.25, -0.2) is 4.79 Å². The smallest absolute Gasteiger partial charge is 0.322 e. The van der Waals surface area contributed by atoms with Crippen LogP contribution in [-0.4, -0.2) is 37.1 Å². The van der Waals surface area contributed by atoms with Crippen molar-refractivity contribution in [3.63, 3.8) is 0 Å². The first-order valence-electron chi connectivity index (χ1n) is 8.01. The van der Waals surface area contributed by atoms with Gasteiger partial charge in [0.05, 0.1) is 22.9 Å². The fourth-order valence-electron chi connectivity index (χ4n) is 2.80. The van der Waals surface area contributed by atoms with Crippen molar-refractivity contribution in [1.82, 2.24) is 4.90 Å². The van der Waals surface area contributed by atoms with Crippen LogP contribution in [0.5, 0.6) is 0 Å². The number of amides is 2. The number of anilines is 2. The van der Waals surface area contributed by atoms with Crippen LogP contribution in [0.4, 0.5) is 16.2 Å². The highest BCUT2D eigenvalue weighted by molar-refractivity contribution is 5.91. The second kappa shape index (κ2) is 7.37. The van der Waals surface area contributed by atoms with Crippen molar-refractivity contribution in [2.45, 2.75) is 0 Å². The van der Waals surface area contributed by atoms with Crippen molar-refractivity contribution >= 4 is 17.4 Å². The molecule has 2 amide bonds. The number of carbonyl (C=O) groups excluding carboxylic acids is 1. The molecule has 0 spiro atoms. The Hall–Kier alpha value is -3.51. The summed E-state index contributed by atoms with van der Waals surface area (Å²) >= 11 is 0. The number of carbonyl (C=O) groups is 1. The molecule has 2 aromatic carbocycles. The van der Waals surface area contributed by atoms with Gasteiger partial charge in [-0.05, 0) is 36.4 Å². The van der Waals surface area contributed by atoms with Crippen molar-refractivity contribution < 1.29 is 4.79 Å². The normalized spacial score (nSPS) is 13.7. The molecule has 0 aliphatic carbocycles. The quantitative estimate of drug-likeness (QED) is 0.917. The Balaban J connectivity index is 1.59. The number of nitrogens with zero attached hydrogens (tertiary/aromatic N) is 4. The molecule has 1 aliphatic heterocycles. The van der Waals surface area contributed by atoms with E-state index in [1.165, 1.54) is 0 Å². The molecule has 25 heavy (non-hydrogen) atoms. The van der Waals surface area contributed by atoms with E-state index in [-0.39, 0.29) is 6.03 Å². The Morgan fingerprint density at radius 1 is 0.920 bits per heavy atom. The molecule has 1 aliphatic rings. The van der Waals surface area contributed by atoms with Crippen molar-refractivity contribution in [3.8, 4) is 12.1 Å². The maximum Gasteiger partial charge on any atom is 0.322 e. The van der Waals surface area contributed by atoms with Crippen LogP contribution in [0, 0.1) is 22.7 Å². The van der Waals surface area contributed by atoms with Gasteiger partial charge in [-0.1, -0.05) is 12.1 Å². The Labute approximate surface area is 146 Å². The van der Waals surface area contributed by atoms with E-state index in [0.29, 0.717) is 29.9 Å². The summed E-state index contributed by atoms with van der Waals surface area (Å²) < 4.78 is 0. The van der Waals surface area contributed by atoms with Crippen LogP contribution in [0.2, 0.25) is 0 Å². The SMILES string of the molecule is N#Cc1ccc(N2CCN(C(=O)Nc3ccccc3C#N)CC2)cc1. The van der Waals surface area contributed by atoms with Crippen molar-refractivity contribution in [3.05, 3.63) is 59.7 Å². The van der Waals surface area contributed by atoms with E-state index in [1.807, 2.05) is 12.1 Å². The maximum absolute atomic E-state index is 12.4. The van der Waals surface area contributed by atoms with E-state index in [4.69, 9.17) is 10.5 Å². The first kappa shape index (κ1) is 16.4. The summed E-state index contributed by atoms with van der Waals surface area (Å²) in [6.07, 6.45) is 0. The minimum atomic E-state index is -0.192. The van der Waals surface area contributed by atoms with Crippen molar-refractivity contribution in [2.75, 3.05) is 36.4 Å². The lowest BCUT2D eigenvalue weighted by Gasteiger charge is -2.36. The predicted molar refractivity (Wildman–Crippen MR) is 95.1 cm³/mol. The molecule has 0 atom stereocenters. The lowest BCUT2D eigenvalue weighted by Crippen LogP contribution is -2.50. The number of benzene rings is 2. The third-order valence-electron chi connectivity index (χ3n) is 4.22. The van der Waals surface area contributed by atoms with Crippen LogP contribution < -0.4 is 10.2 Å². The molecule has 0 saturated carbocycles. The van der Waals surface area contributed by atoms with Crippen LogP contribution in [-0.2, 0) is 0 Å². The zero-order valence-electron chi connectivity index (χ0n) is 13.6. The molecule has 1 N–H and O–H groups in total. The molecule has 6 heteroatoms. The average molecular weight is 331 g/mol. The lowest BCUT2D eigenvalue weighted by atomic mass is 10.2. The minimum absolute atomic E-state index is 0.192. The van der Waals surface area contributed by atoms with E-state index < -0.39 is 0 Å². The van der Waals surface area contributed by atoms with Gasteiger partial charge in [-0.15, -0.1) is 0 Å². The summed E-state index contributed by atoms with van der Waals surface area (Å²) in [7, 11) is 0. The minimum Gasteiger partial charge on any atom is -0.368 e. The van der Waals surface area contributed by atoms with E-state index in [1.54, 1.807) is 41.3 Å². The molecule has 0 aromatic heterocycles. The van der Waals surface area contributed by atoms with E-state index in [2.05, 4.69) is 22.4 Å². The summed E-state index contributed by atoms with van der Waals surface area (Å²) in [5.41, 5.74) is 2.67. The van der Waals surface area contributed by atoms with Gasteiger partial charge in [0, 0.05) is 31.9 Å². The number of rotatable bonds is 2. The third-order valence-corrected chi connectivity index (χ3v) is 4.22. The number of urea groups is 1. The van der Waals surface area contributed by atoms with Gasteiger partial charge in [-0.2, -0.15) is 10.5 Å². The molecule has 1 heterocycles. The summed E-state index contributed by atoms with van der Waals surface area (Å²) in [6, 6.07) is 18.4. The molecule has 3 rings (SSSR count). The monoisotopic (exact) mass is 331 g/mol. The number of nitriles is 2. The van der Waals surface area contributed by atoms with Gasteiger partial charge in [0.2, 0.25) is 0 Å². The zero-order valence-corrected chi connectivity index (χ0v) is 13.6. The highest BCUT2D eigenvalue weighted by Gasteiger charge is 2.21. The summed E-state index contributed by atoms with van der Waals surface area (Å²) in [5.74, 6) is 0. The number of hydrogen-bond acceptors (Lipinski definition) is 4. The van der Waals surface area contributed by atoms with E-state index >= 15 is 0 Å². The van der Waals surface area contributed by atoms with Crippen LogP contribution in [0.1, 0.15) is 11.1 Å². The number of para-hydroxylation sites is 1. The van der Waals surface area contributed by atoms with E-state index in [9.17, 15) is 4.79 Å². The van der Waals surface area contributed by atoms with Gasteiger partial charge >= 0.3 is 6.03 Å². The second-order valence-electron chi connectivity index (χ2n) is 5.72. The molecule has 0 bridgehead atoms. The maximum atomic E-state index is 12.4. The van der Waals surface area contributed by atoms with Crippen LogP contribution in [0.15, 0.2) is 48.5 Å². The second-order valence-corrected chi connectivity index (χ2v) is 5.72. The lowest BCUT2D eigenvalue weighted by molar-refractivity contribution is 0.208. The van der Waals surface area contributed by atoms with Gasteiger partial charge in [0.1, 0.15) is 6.07 Å². The van der Waals surface area contributed by atoms with E-state index in [0.717, 1.165) is 18.8 Å². The fraction of sp³-hybridized carbons (Fsp3) is 0.211. The molecule has 6 nitrogen and oxygen atoms in total. The summed E-state index contributed by atoms with van der Waals surface area (Å²) in [5, 5.41) is 20.8. The molecular weight excluding hydrogens is 314 g/mol. The first-order chi connectivity index (χ1) is 12.2. The Morgan fingerprint density at radius 3 is 2.24 bits per heavy atom. The Kier molecular flexibility index (Phi) is 4.82. The molecule has 0 radical (unpaired) electrons. The molecule has 124 valence electrons.